The van der Waals surface area contributed by atoms with Crippen LogP contribution in [0.1, 0.15) is 61.5 Å². The standard InChI is InChI=1S/C22H26O4S/c1-25-17-9-11-21(19(13-17)15-5-3-6-15)27(23,24)22-12-10-18(26-2)14-20(22)16-7-4-8-16/h9-16H,3-8H2,1-2H3. The van der Waals surface area contributed by atoms with Crippen LogP contribution in [-0.4, -0.2) is 22.6 Å². The Morgan fingerprint density at radius 1 is 0.741 bits per heavy atom. The van der Waals surface area contributed by atoms with E-state index in [2.05, 4.69) is 0 Å². The summed E-state index contributed by atoms with van der Waals surface area (Å²) in [7, 11) is -0.369. The molecular formula is C22H26O4S. The molecule has 0 unspecified atom stereocenters. The van der Waals surface area contributed by atoms with Crippen LogP contribution in [0.3, 0.4) is 0 Å². The van der Waals surface area contributed by atoms with Crippen LogP contribution in [0.2, 0.25) is 0 Å². The lowest BCUT2D eigenvalue weighted by Crippen LogP contribution is -2.17. The van der Waals surface area contributed by atoms with Gasteiger partial charge in [-0.3, -0.25) is 0 Å². The normalized spacial score (nSPS) is 17.9. The van der Waals surface area contributed by atoms with Crippen LogP contribution in [0.5, 0.6) is 11.5 Å². The molecule has 27 heavy (non-hydrogen) atoms. The molecule has 0 bridgehead atoms. The Morgan fingerprint density at radius 3 is 1.44 bits per heavy atom. The van der Waals surface area contributed by atoms with Gasteiger partial charge in [-0.1, -0.05) is 12.8 Å². The minimum absolute atomic E-state index is 0.301. The summed E-state index contributed by atoms with van der Waals surface area (Å²) < 4.78 is 38.1. The Labute approximate surface area is 161 Å². The van der Waals surface area contributed by atoms with Crippen molar-refractivity contribution in [3.63, 3.8) is 0 Å². The molecule has 0 N–H and O–H groups in total. The van der Waals surface area contributed by atoms with Gasteiger partial charge < -0.3 is 9.47 Å². The summed E-state index contributed by atoms with van der Waals surface area (Å²) >= 11 is 0. The highest BCUT2D eigenvalue weighted by Crippen LogP contribution is 2.45. The second-order valence-corrected chi connectivity index (χ2v) is 9.45. The van der Waals surface area contributed by atoms with Crippen molar-refractivity contribution in [1.82, 2.24) is 0 Å². The van der Waals surface area contributed by atoms with Crippen molar-refractivity contribution in [3.05, 3.63) is 47.5 Å². The van der Waals surface area contributed by atoms with Gasteiger partial charge in [0, 0.05) is 0 Å². The van der Waals surface area contributed by atoms with Crippen molar-refractivity contribution < 1.29 is 17.9 Å². The highest BCUT2D eigenvalue weighted by molar-refractivity contribution is 7.91. The van der Waals surface area contributed by atoms with Crippen molar-refractivity contribution in [3.8, 4) is 11.5 Å². The van der Waals surface area contributed by atoms with Gasteiger partial charge in [0.1, 0.15) is 11.5 Å². The molecule has 0 saturated heterocycles. The first-order valence-electron chi connectivity index (χ1n) is 9.65. The largest absolute Gasteiger partial charge is 0.497 e. The summed E-state index contributed by atoms with van der Waals surface area (Å²) in [5.74, 6) is 2.03. The number of sulfone groups is 1. The molecule has 4 nitrogen and oxygen atoms in total. The van der Waals surface area contributed by atoms with Crippen LogP contribution in [0, 0.1) is 0 Å². The van der Waals surface area contributed by atoms with Gasteiger partial charge in [0.15, 0.2) is 0 Å². The Morgan fingerprint density at radius 2 is 1.15 bits per heavy atom. The van der Waals surface area contributed by atoms with E-state index < -0.39 is 9.84 Å². The zero-order chi connectivity index (χ0) is 19.0. The maximum Gasteiger partial charge on any atom is 0.207 e. The summed E-state index contributed by atoms with van der Waals surface area (Å²) in [5.41, 5.74) is 1.80. The average molecular weight is 387 g/mol. The van der Waals surface area contributed by atoms with Gasteiger partial charge in [-0.15, -0.1) is 0 Å². The molecule has 2 saturated carbocycles. The lowest BCUT2D eigenvalue weighted by atomic mass is 9.80. The van der Waals surface area contributed by atoms with E-state index in [0.29, 0.717) is 33.1 Å². The van der Waals surface area contributed by atoms with Crippen LogP contribution in [-0.2, 0) is 9.84 Å². The fraction of sp³-hybridized carbons (Fsp3) is 0.455. The van der Waals surface area contributed by atoms with E-state index >= 15 is 0 Å². The molecule has 144 valence electrons. The topological polar surface area (TPSA) is 52.6 Å². The third-order valence-corrected chi connectivity index (χ3v) is 8.00. The zero-order valence-corrected chi connectivity index (χ0v) is 16.7. The second-order valence-electron chi connectivity index (χ2n) is 7.57. The van der Waals surface area contributed by atoms with Gasteiger partial charge in [-0.25, -0.2) is 8.42 Å². The SMILES string of the molecule is COc1ccc(S(=O)(=O)c2ccc(OC)cc2C2CCC2)c(C2CCC2)c1. The molecule has 0 amide bonds. The molecule has 0 heterocycles. The average Bonchev–Trinajstić information content (AvgIpc) is 2.58. The summed E-state index contributed by atoms with van der Waals surface area (Å²) in [6, 6.07) is 10.8. The van der Waals surface area contributed by atoms with Gasteiger partial charge >= 0.3 is 0 Å². The predicted octanol–water partition coefficient (Wildman–Crippen LogP) is 5.07. The van der Waals surface area contributed by atoms with E-state index in [-0.39, 0.29) is 0 Å². The first-order valence-corrected chi connectivity index (χ1v) is 11.1. The highest BCUT2D eigenvalue weighted by Gasteiger charge is 2.33. The van der Waals surface area contributed by atoms with E-state index in [1.807, 2.05) is 12.1 Å². The van der Waals surface area contributed by atoms with Crippen LogP contribution in [0.15, 0.2) is 46.2 Å². The fourth-order valence-corrected chi connectivity index (χ4v) is 5.79. The molecule has 2 aromatic rings. The zero-order valence-electron chi connectivity index (χ0n) is 15.9. The monoisotopic (exact) mass is 386 g/mol. The molecule has 2 fully saturated rings. The summed E-state index contributed by atoms with van der Waals surface area (Å²) in [6.07, 6.45) is 6.44. The van der Waals surface area contributed by atoms with Crippen LogP contribution in [0.25, 0.3) is 0 Å². The molecular weight excluding hydrogens is 360 g/mol. The molecule has 0 aromatic heterocycles. The Hall–Kier alpha value is -2.01. The summed E-state index contributed by atoms with van der Waals surface area (Å²) in [5, 5.41) is 0. The molecule has 4 rings (SSSR count). The van der Waals surface area contributed by atoms with Crippen LogP contribution in [0.4, 0.5) is 0 Å². The van der Waals surface area contributed by atoms with E-state index in [4.69, 9.17) is 9.47 Å². The van der Waals surface area contributed by atoms with Gasteiger partial charge in [-0.05, 0) is 85.0 Å². The van der Waals surface area contributed by atoms with E-state index in [1.165, 1.54) is 0 Å². The molecule has 2 aromatic carbocycles. The molecule has 0 radical (unpaired) electrons. The first-order chi connectivity index (χ1) is 13.0. The van der Waals surface area contributed by atoms with Crippen molar-refractivity contribution in [2.24, 2.45) is 0 Å². The lowest BCUT2D eigenvalue weighted by Gasteiger charge is -2.30. The van der Waals surface area contributed by atoms with Gasteiger partial charge in [-0.2, -0.15) is 0 Å². The number of methoxy groups -OCH3 is 2. The van der Waals surface area contributed by atoms with Gasteiger partial charge in [0.25, 0.3) is 0 Å². The smallest absolute Gasteiger partial charge is 0.207 e. The maximum absolute atomic E-state index is 13.7. The number of rotatable bonds is 6. The minimum atomic E-state index is -3.60. The van der Waals surface area contributed by atoms with Crippen LogP contribution >= 0.6 is 0 Å². The van der Waals surface area contributed by atoms with Crippen molar-refractivity contribution >= 4 is 9.84 Å². The Kier molecular flexibility index (Phi) is 4.89. The van der Waals surface area contributed by atoms with Crippen molar-refractivity contribution in [2.45, 2.75) is 60.2 Å². The minimum Gasteiger partial charge on any atom is -0.497 e. The summed E-state index contributed by atoms with van der Waals surface area (Å²) in [4.78, 5) is 0.859. The molecule has 5 heteroatoms. The van der Waals surface area contributed by atoms with Crippen LogP contribution < -0.4 is 9.47 Å². The van der Waals surface area contributed by atoms with E-state index in [1.54, 1.807) is 38.5 Å². The predicted molar refractivity (Wildman–Crippen MR) is 105 cm³/mol. The molecule has 2 aliphatic rings. The summed E-state index contributed by atoms with van der Waals surface area (Å²) in [6.45, 7) is 0. The fourth-order valence-electron chi connectivity index (χ4n) is 3.99. The van der Waals surface area contributed by atoms with Gasteiger partial charge in [0.05, 0.1) is 24.0 Å². The highest BCUT2D eigenvalue weighted by atomic mass is 32.2. The first kappa shape index (κ1) is 18.4. The van der Waals surface area contributed by atoms with Crippen molar-refractivity contribution in [2.75, 3.05) is 14.2 Å². The molecule has 2 aliphatic carbocycles. The van der Waals surface area contributed by atoms with E-state index in [9.17, 15) is 8.42 Å². The maximum atomic E-state index is 13.7. The molecule has 0 atom stereocenters. The van der Waals surface area contributed by atoms with E-state index in [0.717, 1.165) is 49.7 Å². The number of benzene rings is 2. The quantitative estimate of drug-likeness (QED) is 0.695. The lowest BCUT2D eigenvalue weighted by molar-refractivity contribution is 0.396. The second kappa shape index (κ2) is 7.19. The Balaban J connectivity index is 1.85. The Bertz CT molecular complexity index is 869. The van der Waals surface area contributed by atoms with Crippen molar-refractivity contribution in [1.29, 1.82) is 0 Å². The molecule has 0 aliphatic heterocycles. The number of hydrogen-bond donors (Lipinski definition) is 0. The number of hydrogen-bond acceptors (Lipinski definition) is 4. The molecule has 0 spiro atoms. The third-order valence-electron chi connectivity index (χ3n) is 6.10. The third kappa shape index (κ3) is 3.22. The van der Waals surface area contributed by atoms with Gasteiger partial charge in [0.2, 0.25) is 9.84 Å². The number of ether oxygens (including phenoxy) is 2.